The lowest BCUT2D eigenvalue weighted by Gasteiger charge is -2.23. The molecule has 1 heterocycles. The van der Waals surface area contributed by atoms with Crippen LogP contribution in [-0.2, 0) is 11.2 Å². The highest BCUT2D eigenvalue weighted by Crippen LogP contribution is 2.20. The van der Waals surface area contributed by atoms with Crippen molar-refractivity contribution in [2.75, 3.05) is 13.1 Å². The Labute approximate surface area is 158 Å². The van der Waals surface area contributed by atoms with Gasteiger partial charge in [0.05, 0.1) is 0 Å². The van der Waals surface area contributed by atoms with Crippen LogP contribution in [0.1, 0.15) is 36.6 Å². The van der Waals surface area contributed by atoms with Crippen LogP contribution in [-0.4, -0.2) is 36.0 Å². The average Bonchev–Trinajstić information content (AvgIpc) is 3.11. The quantitative estimate of drug-likeness (QED) is 0.817. The van der Waals surface area contributed by atoms with Gasteiger partial charge in [-0.1, -0.05) is 43.3 Å². The van der Waals surface area contributed by atoms with Crippen molar-refractivity contribution in [3.63, 3.8) is 0 Å². The van der Waals surface area contributed by atoms with Gasteiger partial charge in [0, 0.05) is 24.2 Å². The molecule has 142 valence electrons. The molecule has 0 aliphatic carbocycles. The first-order valence-corrected chi connectivity index (χ1v) is 9.28. The first-order chi connectivity index (χ1) is 13.0. The van der Waals surface area contributed by atoms with E-state index < -0.39 is 6.04 Å². The zero-order valence-corrected chi connectivity index (χ0v) is 15.6. The van der Waals surface area contributed by atoms with Gasteiger partial charge in [-0.15, -0.1) is 0 Å². The van der Waals surface area contributed by atoms with Gasteiger partial charge in [0.25, 0.3) is 5.91 Å². The summed E-state index contributed by atoms with van der Waals surface area (Å²) in [6.45, 7) is 4.72. The summed E-state index contributed by atoms with van der Waals surface area (Å²) in [5.41, 5.74) is 2.99. The highest BCUT2D eigenvalue weighted by molar-refractivity contribution is 5.97. The Morgan fingerprint density at radius 1 is 1.22 bits per heavy atom. The van der Waals surface area contributed by atoms with Gasteiger partial charge >= 0.3 is 6.03 Å². The molecule has 3 rings (SSSR count). The van der Waals surface area contributed by atoms with Gasteiger partial charge < -0.3 is 10.6 Å². The summed E-state index contributed by atoms with van der Waals surface area (Å²) >= 11 is 0. The fraction of sp³-hybridized carbons (Fsp3) is 0.333. The number of amides is 3. The van der Waals surface area contributed by atoms with Crippen LogP contribution in [0.2, 0.25) is 0 Å². The second kappa shape index (κ2) is 8.31. The zero-order valence-electron chi connectivity index (χ0n) is 15.6. The van der Waals surface area contributed by atoms with Crippen LogP contribution in [0.15, 0.2) is 48.5 Å². The van der Waals surface area contributed by atoms with E-state index in [1.807, 2.05) is 23.5 Å². The number of carbonyl (C=O) groups excluding carboxylic acids is 2. The number of urea groups is 1. The Morgan fingerprint density at radius 2 is 1.96 bits per heavy atom. The number of halogens is 1. The third kappa shape index (κ3) is 4.34. The predicted molar refractivity (Wildman–Crippen MR) is 101 cm³/mol. The number of rotatable bonds is 6. The normalized spacial score (nSPS) is 16.1. The van der Waals surface area contributed by atoms with Gasteiger partial charge in [-0.05, 0) is 31.0 Å². The number of carbonyl (C=O) groups is 2. The molecule has 0 radical (unpaired) electrons. The maximum atomic E-state index is 13.8. The van der Waals surface area contributed by atoms with E-state index in [2.05, 4.69) is 24.4 Å². The summed E-state index contributed by atoms with van der Waals surface area (Å²) in [7, 11) is 0. The van der Waals surface area contributed by atoms with Gasteiger partial charge in [-0.3, -0.25) is 9.69 Å². The van der Waals surface area contributed by atoms with Crippen molar-refractivity contribution < 1.29 is 19.3 Å². The lowest BCUT2D eigenvalue weighted by atomic mass is 9.96. The van der Waals surface area contributed by atoms with Crippen molar-refractivity contribution in [2.45, 2.75) is 32.4 Å². The minimum Gasteiger partial charge on any atom is -0.336 e. The molecule has 3 amide bonds. The van der Waals surface area contributed by atoms with Crippen LogP contribution in [0.5, 0.6) is 0 Å². The minimum absolute atomic E-state index is 0.239. The molecular formula is C21H25FN3O2+. The minimum atomic E-state index is -0.479. The SMILES string of the molecule is CCc1ccc([C@@H]([NH2+][C@H](C)C(=O)N2CCNC2=O)c2cccc(F)c2)cc1. The molecular weight excluding hydrogens is 345 g/mol. The second-order valence-corrected chi connectivity index (χ2v) is 6.83. The number of hydrogen-bond donors (Lipinski definition) is 2. The van der Waals surface area contributed by atoms with Crippen molar-refractivity contribution in [1.29, 1.82) is 0 Å². The summed E-state index contributed by atoms with van der Waals surface area (Å²) in [5.74, 6) is -0.550. The Balaban J connectivity index is 1.87. The summed E-state index contributed by atoms with van der Waals surface area (Å²) in [6, 6.07) is 13.5. The van der Waals surface area contributed by atoms with Crippen molar-refractivity contribution in [2.24, 2.45) is 0 Å². The number of imide groups is 1. The van der Waals surface area contributed by atoms with E-state index in [1.165, 1.54) is 22.6 Å². The summed E-state index contributed by atoms with van der Waals surface area (Å²) < 4.78 is 13.8. The molecule has 0 aromatic heterocycles. The van der Waals surface area contributed by atoms with E-state index in [9.17, 15) is 14.0 Å². The molecule has 0 spiro atoms. The van der Waals surface area contributed by atoms with Gasteiger partial charge in [0.1, 0.15) is 11.9 Å². The number of hydrogen-bond acceptors (Lipinski definition) is 2. The number of nitrogens with two attached hydrogens (primary N) is 1. The molecule has 5 nitrogen and oxygen atoms in total. The molecule has 2 atom stereocenters. The number of quaternary nitrogens is 1. The number of aryl methyl sites for hydroxylation is 1. The van der Waals surface area contributed by atoms with E-state index in [4.69, 9.17) is 0 Å². The molecule has 1 fully saturated rings. The molecule has 1 aliphatic rings. The van der Waals surface area contributed by atoms with Crippen LogP contribution < -0.4 is 10.6 Å². The van der Waals surface area contributed by atoms with Crippen molar-refractivity contribution in [3.05, 3.63) is 71.0 Å². The Hall–Kier alpha value is -2.73. The lowest BCUT2D eigenvalue weighted by molar-refractivity contribution is -0.705. The molecule has 27 heavy (non-hydrogen) atoms. The average molecular weight is 370 g/mol. The third-order valence-electron chi connectivity index (χ3n) is 4.95. The van der Waals surface area contributed by atoms with Crippen molar-refractivity contribution in [3.8, 4) is 0 Å². The Morgan fingerprint density at radius 3 is 2.56 bits per heavy atom. The van der Waals surface area contributed by atoms with Crippen LogP contribution in [0, 0.1) is 5.82 Å². The predicted octanol–water partition coefficient (Wildman–Crippen LogP) is 1.98. The number of nitrogens with one attached hydrogen (secondary N) is 1. The topological polar surface area (TPSA) is 66.0 Å². The van der Waals surface area contributed by atoms with Gasteiger partial charge in [-0.25, -0.2) is 9.18 Å². The Bertz CT molecular complexity index is 822. The molecule has 3 N–H and O–H groups in total. The maximum Gasteiger partial charge on any atom is 0.324 e. The molecule has 0 bridgehead atoms. The number of benzene rings is 2. The molecule has 1 saturated heterocycles. The van der Waals surface area contributed by atoms with Gasteiger partial charge in [-0.2, -0.15) is 0 Å². The van der Waals surface area contributed by atoms with E-state index >= 15 is 0 Å². The smallest absolute Gasteiger partial charge is 0.324 e. The molecule has 1 aliphatic heterocycles. The second-order valence-electron chi connectivity index (χ2n) is 6.83. The Kier molecular flexibility index (Phi) is 5.86. The lowest BCUT2D eigenvalue weighted by Crippen LogP contribution is -2.92. The van der Waals surface area contributed by atoms with Gasteiger partial charge in [0.15, 0.2) is 6.04 Å². The summed E-state index contributed by atoms with van der Waals surface area (Å²) in [4.78, 5) is 25.7. The molecule has 6 heteroatoms. The highest BCUT2D eigenvalue weighted by atomic mass is 19.1. The fourth-order valence-corrected chi connectivity index (χ4v) is 3.37. The highest BCUT2D eigenvalue weighted by Gasteiger charge is 2.33. The van der Waals surface area contributed by atoms with E-state index in [-0.39, 0.29) is 23.8 Å². The van der Waals surface area contributed by atoms with Crippen LogP contribution >= 0.6 is 0 Å². The maximum absolute atomic E-state index is 13.8. The monoisotopic (exact) mass is 370 g/mol. The van der Waals surface area contributed by atoms with Crippen LogP contribution in [0.25, 0.3) is 0 Å². The molecule has 0 saturated carbocycles. The fourth-order valence-electron chi connectivity index (χ4n) is 3.37. The van der Waals surface area contributed by atoms with E-state index in [0.717, 1.165) is 17.5 Å². The van der Waals surface area contributed by atoms with Gasteiger partial charge in [0.2, 0.25) is 0 Å². The molecule has 2 aromatic rings. The number of nitrogens with zero attached hydrogens (tertiary/aromatic N) is 1. The van der Waals surface area contributed by atoms with Crippen molar-refractivity contribution in [1.82, 2.24) is 10.2 Å². The van der Waals surface area contributed by atoms with E-state index in [0.29, 0.717) is 13.1 Å². The molecule has 2 aromatic carbocycles. The van der Waals surface area contributed by atoms with Crippen LogP contribution in [0.4, 0.5) is 9.18 Å². The standard InChI is InChI=1S/C21H24FN3O2/c1-3-15-7-9-16(10-8-15)19(17-5-4-6-18(22)13-17)24-14(2)20(26)25-12-11-23-21(25)27/h4-10,13-14,19,24H,3,11-12H2,1-2H3,(H,23,27)/p+1/t14-,19-/m1/s1. The van der Waals surface area contributed by atoms with E-state index in [1.54, 1.807) is 13.0 Å². The third-order valence-corrected chi connectivity index (χ3v) is 4.95. The van der Waals surface area contributed by atoms with Crippen molar-refractivity contribution >= 4 is 11.9 Å². The summed E-state index contributed by atoms with van der Waals surface area (Å²) in [5, 5.41) is 4.54. The first kappa shape index (κ1) is 19.0. The summed E-state index contributed by atoms with van der Waals surface area (Å²) in [6.07, 6.45) is 0.938. The first-order valence-electron chi connectivity index (χ1n) is 9.28. The van der Waals surface area contributed by atoms with Crippen LogP contribution in [0.3, 0.4) is 0 Å². The molecule has 0 unspecified atom stereocenters. The zero-order chi connectivity index (χ0) is 19.4. The largest absolute Gasteiger partial charge is 0.336 e.